The van der Waals surface area contributed by atoms with Gasteiger partial charge in [-0.3, -0.25) is 4.79 Å². The largest absolute Gasteiger partial charge is 0.508 e. The second kappa shape index (κ2) is 13.5. The Bertz CT molecular complexity index is 1700. The number of aliphatic hydroxyl groups excluding tert-OH is 1. The van der Waals surface area contributed by atoms with Crippen LogP contribution in [0.3, 0.4) is 0 Å². The first-order chi connectivity index (χ1) is 23.3. The van der Waals surface area contributed by atoms with Crippen LogP contribution in [0, 0.1) is 0 Å². The third kappa shape index (κ3) is 6.19. The Morgan fingerprint density at radius 2 is 1.65 bits per heavy atom. The number of hydrogen-bond donors (Lipinski definition) is 3. The number of carbonyl (C=O) groups excluding carboxylic acids is 1. The van der Waals surface area contributed by atoms with Crippen molar-refractivity contribution in [2.24, 2.45) is 0 Å². The fourth-order valence-electron chi connectivity index (χ4n) is 7.81. The van der Waals surface area contributed by atoms with Crippen LogP contribution in [0.1, 0.15) is 58.3 Å². The van der Waals surface area contributed by atoms with Crippen LogP contribution < -0.4 is 4.74 Å². The van der Waals surface area contributed by atoms with Crippen LogP contribution in [0.4, 0.5) is 0 Å². The van der Waals surface area contributed by atoms with Crippen molar-refractivity contribution in [3.05, 3.63) is 130 Å². The van der Waals surface area contributed by atoms with Crippen LogP contribution in [0.5, 0.6) is 11.5 Å². The van der Waals surface area contributed by atoms with E-state index in [-0.39, 0.29) is 35.2 Å². The zero-order chi connectivity index (χ0) is 33.3. The Labute approximate surface area is 286 Å². The molecule has 2 atom stereocenters. The first-order valence-corrected chi connectivity index (χ1v) is 17.1. The Morgan fingerprint density at radius 1 is 0.958 bits per heavy atom. The monoisotopic (exact) mass is 668 g/mol. The molecule has 48 heavy (non-hydrogen) atoms. The van der Waals surface area contributed by atoms with Gasteiger partial charge in [0.15, 0.2) is 0 Å². The van der Waals surface area contributed by atoms with E-state index in [1.165, 1.54) is 17.7 Å². The van der Waals surface area contributed by atoms with Gasteiger partial charge in [-0.15, -0.1) is 0 Å². The molecular formula is C39H41ClN2O6. The summed E-state index contributed by atoms with van der Waals surface area (Å²) < 4.78 is 12.3. The number of halogens is 1. The average molecular weight is 669 g/mol. The number of carbonyl (C=O) groups is 1. The van der Waals surface area contributed by atoms with Crippen molar-refractivity contribution in [3.8, 4) is 11.5 Å². The molecule has 8 nitrogen and oxygen atoms in total. The minimum Gasteiger partial charge on any atom is -0.508 e. The number of phenols is 1. The van der Waals surface area contributed by atoms with Crippen molar-refractivity contribution >= 4 is 17.5 Å². The number of benzene rings is 4. The molecule has 0 radical (unpaired) electrons. The van der Waals surface area contributed by atoms with Crippen LogP contribution in [-0.2, 0) is 22.5 Å². The highest BCUT2D eigenvalue weighted by molar-refractivity contribution is 6.30. The molecule has 1 spiro atoms. The number of hydrogen-bond acceptors (Lipinski definition) is 7. The quantitative estimate of drug-likeness (QED) is 0.206. The topological polar surface area (TPSA) is 103 Å². The second-order valence-electron chi connectivity index (χ2n) is 13.2. The van der Waals surface area contributed by atoms with Crippen molar-refractivity contribution in [1.82, 2.24) is 9.80 Å². The molecule has 9 heteroatoms. The molecule has 4 aromatic carbocycles. The van der Waals surface area contributed by atoms with Gasteiger partial charge in [0.2, 0.25) is 0 Å². The molecule has 7 rings (SSSR count). The SMILES string of the molecule is O=C(c1ccc(O)cc1OC[C@H](O)CN1CCC2(CC1)OCc1cc(Cl)ccc12)N1CCC[C@@H]1C(O)(c1ccccc1)c1ccccc1. The van der Waals surface area contributed by atoms with E-state index in [1.807, 2.05) is 72.8 Å². The van der Waals surface area contributed by atoms with Crippen molar-refractivity contribution in [3.63, 3.8) is 0 Å². The van der Waals surface area contributed by atoms with E-state index in [4.69, 9.17) is 21.1 Å². The van der Waals surface area contributed by atoms with Crippen molar-refractivity contribution in [2.45, 2.75) is 55.6 Å². The lowest BCUT2D eigenvalue weighted by Crippen LogP contribution is -2.50. The molecule has 0 aromatic heterocycles. The molecule has 3 N–H and O–H groups in total. The fraction of sp³-hybridized carbons (Fsp3) is 0.359. The molecule has 0 aliphatic carbocycles. The number of amides is 1. The molecule has 3 aliphatic heterocycles. The van der Waals surface area contributed by atoms with Crippen molar-refractivity contribution in [1.29, 1.82) is 0 Å². The van der Waals surface area contributed by atoms with Gasteiger partial charge in [-0.05, 0) is 72.2 Å². The molecule has 3 heterocycles. The van der Waals surface area contributed by atoms with E-state index >= 15 is 0 Å². The minimum absolute atomic E-state index is 0.0430. The number of ether oxygens (including phenoxy) is 2. The van der Waals surface area contributed by atoms with Gasteiger partial charge in [-0.2, -0.15) is 0 Å². The third-order valence-corrected chi connectivity index (χ3v) is 10.5. The Morgan fingerprint density at radius 3 is 2.33 bits per heavy atom. The highest BCUT2D eigenvalue weighted by Gasteiger charge is 2.48. The smallest absolute Gasteiger partial charge is 0.257 e. The molecule has 0 saturated carbocycles. The van der Waals surface area contributed by atoms with Gasteiger partial charge in [0.1, 0.15) is 29.8 Å². The zero-order valence-electron chi connectivity index (χ0n) is 26.8. The molecule has 2 saturated heterocycles. The number of fused-ring (bicyclic) bond motifs is 2. The summed E-state index contributed by atoms with van der Waals surface area (Å²) in [6, 6.07) is 28.8. The van der Waals surface area contributed by atoms with E-state index in [0.717, 1.165) is 37.9 Å². The summed E-state index contributed by atoms with van der Waals surface area (Å²) in [6.07, 6.45) is 2.15. The summed E-state index contributed by atoms with van der Waals surface area (Å²) in [7, 11) is 0. The maximum atomic E-state index is 14.3. The van der Waals surface area contributed by atoms with Crippen LogP contribution in [0.2, 0.25) is 5.02 Å². The predicted molar refractivity (Wildman–Crippen MR) is 183 cm³/mol. The van der Waals surface area contributed by atoms with Gasteiger partial charge in [-0.1, -0.05) is 78.3 Å². The first-order valence-electron chi connectivity index (χ1n) is 16.7. The maximum Gasteiger partial charge on any atom is 0.257 e. The predicted octanol–water partition coefficient (Wildman–Crippen LogP) is 5.85. The number of aromatic hydroxyl groups is 1. The van der Waals surface area contributed by atoms with E-state index in [9.17, 15) is 20.1 Å². The normalized spacial score (nSPS) is 19.7. The molecular weight excluding hydrogens is 628 g/mol. The second-order valence-corrected chi connectivity index (χ2v) is 13.6. The summed E-state index contributed by atoms with van der Waals surface area (Å²) in [5, 5.41) is 34.5. The van der Waals surface area contributed by atoms with Crippen LogP contribution in [0.15, 0.2) is 97.1 Å². The highest BCUT2D eigenvalue weighted by Crippen LogP contribution is 2.45. The van der Waals surface area contributed by atoms with Gasteiger partial charge in [-0.25, -0.2) is 0 Å². The standard InChI is InChI=1S/C39H41ClN2O6/c40-30-13-16-34-27(22-30)25-48-38(34)17-20-41(21-18-38)24-32(44)26-47-35-23-31(43)14-15-33(35)37(45)42-19-7-12-36(42)39(46,28-8-3-1-4-9-28)29-10-5-2-6-11-29/h1-6,8-11,13-16,22-23,32,36,43-44,46H,7,12,17-21,24-26H2/t32-,36-/m1/s1. The van der Waals surface area contributed by atoms with Gasteiger partial charge >= 0.3 is 0 Å². The van der Waals surface area contributed by atoms with Gasteiger partial charge in [0.25, 0.3) is 5.91 Å². The maximum absolute atomic E-state index is 14.3. The first kappa shape index (κ1) is 32.6. The lowest BCUT2D eigenvalue weighted by atomic mass is 9.79. The number of aliphatic hydroxyl groups is 2. The number of rotatable bonds is 9. The van der Waals surface area contributed by atoms with Crippen molar-refractivity contribution in [2.75, 3.05) is 32.8 Å². The van der Waals surface area contributed by atoms with Gasteiger partial charge in [0.05, 0.1) is 23.8 Å². The lowest BCUT2D eigenvalue weighted by molar-refractivity contribution is -0.0835. The molecule has 0 unspecified atom stereocenters. The Balaban J connectivity index is 1.03. The van der Waals surface area contributed by atoms with Gasteiger partial charge in [0, 0.05) is 37.3 Å². The molecule has 0 bridgehead atoms. The van der Waals surface area contributed by atoms with Gasteiger partial charge < -0.3 is 34.6 Å². The number of β-amino-alcohol motifs (C(OH)–C–C–N with tert-alkyl or cyclic N) is 1. The van der Waals surface area contributed by atoms with E-state index < -0.39 is 17.7 Å². The number of likely N-dealkylation sites (tertiary alicyclic amines) is 2. The average Bonchev–Trinajstić information content (AvgIpc) is 3.74. The summed E-state index contributed by atoms with van der Waals surface area (Å²) in [4.78, 5) is 18.2. The van der Waals surface area contributed by atoms with E-state index in [0.29, 0.717) is 42.3 Å². The highest BCUT2D eigenvalue weighted by atomic mass is 35.5. The molecule has 2 fully saturated rings. The zero-order valence-corrected chi connectivity index (χ0v) is 27.6. The summed E-state index contributed by atoms with van der Waals surface area (Å²) in [5.41, 5.74) is 2.30. The summed E-state index contributed by atoms with van der Waals surface area (Å²) in [6.45, 7) is 2.90. The number of phenolic OH excluding ortho intramolecular Hbond substituents is 1. The van der Waals surface area contributed by atoms with E-state index in [2.05, 4.69) is 11.0 Å². The number of piperidine rings is 1. The molecule has 3 aliphatic rings. The summed E-state index contributed by atoms with van der Waals surface area (Å²) in [5.74, 6) is -0.148. The lowest BCUT2D eigenvalue weighted by Gasteiger charge is -2.40. The molecule has 250 valence electrons. The van der Waals surface area contributed by atoms with E-state index in [1.54, 1.807) is 11.0 Å². The minimum atomic E-state index is -1.44. The molecule has 4 aromatic rings. The number of nitrogens with zero attached hydrogens (tertiary/aromatic N) is 2. The van der Waals surface area contributed by atoms with Crippen LogP contribution >= 0.6 is 11.6 Å². The van der Waals surface area contributed by atoms with Crippen LogP contribution in [-0.4, -0.2) is 76.0 Å². The summed E-state index contributed by atoms with van der Waals surface area (Å²) >= 11 is 6.20. The fourth-order valence-corrected chi connectivity index (χ4v) is 8.00. The molecule has 1 amide bonds. The van der Waals surface area contributed by atoms with Crippen LogP contribution in [0.25, 0.3) is 0 Å². The third-order valence-electron chi connectivity index (χ3n) is 10.2. The van der Waals surface area contributed by atoms with Crippen molar-refractivity contribution < 1.29 is 29.6 Å². The Hall–Kier alpha value is -3.92. The Kier molecular flexibility index (Phi) is 9.20.